The number of rotatable bonds is 7. The second-order valence-electron chi connectivity index (χ2n) is 7.99. The van der Waals surface area contributed by atoms with Crippen molar-refractivity contribution in [1.29, 1.82) is 0 Å². The highest BCUT2D eigenvalue weighted by molar-refractivity contribution is 6.35. The van der Waals surface area contributed by atoms with Gasteiger partial charge in [-0.3, -0.25) is 4.79 Å². The van der Waals surface area contributed by atoms with E-state index in [1.165, 1.54) is 6.33 Å². The van der Waals surface area contributed by atoms with Crippen LogP contribution in [0.15, 0.2) is 67.1 Å². The monoisotopic (exact) mass is 478 g/mol. The fourth-order valence-corrected chi connectivity index (χ4v) is 4.23. The lowest BCUT2D eigenvalue weighted by Crippen LogP contribution is -2.46. The number of fused-ring (bicyclic) bond motifs is 1. The maximum absolute atomic E-state index is 11.8. The highest BCUT2D eigenvalue weighted by Gasteiger charge is 2.21. The van der Waals surface area contributed by atoms with Crippen LogP contribution >= 0.6 is 11.6 Å². The summed E-state index contributed by atoms with van der Waals surface area (Å²) in [4.78, 5) is 22.0. The van der Waals surface area contributed by atoms with Crippen molar-refractivity contribution in [1.82, 2.24) is 19.4 Å². The zero-order valence-electron chi connectivity index (χ0n) is 18.3. The predicted molar refractivity (Wildman–Crippen MR) is 128 cm³/mol. The Hall–Kier alpha value is -3.46. The summed E-state index contributed by atoms with van der Waals surface area (Å²) < 4.78 is 12.8. The molecule has 0 saturated carbocycles. The van der Waals surface area contributed by atoms with Crippen molar-refractivity contribution in [2.75, 3.05) is 32.9 Å². The molecule has 2 aromatic heterocycles. The molecule has 2 aromatic carbocycles. The van der Waals surface area contributed by atoms with E-state index in [4.69, 9.17) is 21.1 Å². The zero-order valence-corrected chi connectivity index (χ0v) is 19.1. The van der Waals surface area contributed by atoms with Gasteiger partial charge < -0.3 is 24.0 Å². The summed E-state index contributed by atoms with van der Waals surface area (Å²) in [6.45, 7) is 1.32. The number of aliphatic hydroxyl groups is 1. The molecule has 9 heteroatoms. The molecule has 174 valence electrons. The fourth-order valence-electron chi connectivity index (χ4n) is 4.00. The van der Waals surface area contributed by atoms with Crippen molar-refractivity contribution in [3.63, 3.8) is 0 Å². The van der Waals surface area contributed by atoms with Gasteiger partial charge in [0.25, 0.3) is 0 Å². The lowest BCUT2D eigenvalue weighted by molar-refractivity contribution is -0.144. The normalized spacial score (nSPS) is 15.0. The first-order valence-corrected chi connectivity index (χ1v) is 11.3. The molecule has 1 aliphatic rings. The van der Waals surface area contributed by atoms with Crippen LogP contribution in [0.4, 0.5) is 0 Å². The molecule has 0 radical (unpaired) electrons. The Morgan fingerprint density at radius 2 is 1.91 bits per heavy atom. The molecule has 1 saturated heterocycles. The van der Waals surface area contributed by atoms with Crippen LogP contribution in [0.3, 0.4) is 0 Å². The Bertz CT molecular complexity index is 1290. The van der Waals surface area contributed by atoms with Gasteiger partial charge in [-0.1, -0.05) is 41.9 Å². The number of halogens is 1. The number of aliphatic hydroxyl groups excluding tert-OH is 1. The minimum Gasteiger partial charge on any atom is -0.491 e. The van der Waals surface area contributed by atoms with E-state index in [1.807, 2.05) is 65.4 Å². The summed E-state index contributed by atoms with van der Waals surface area (Å²) in [7, 11) is 0. The van der Waals surface area contributed by atoms with Gasteiger partial charge in [-0.2, -0.15) is 0 Å². The Morgan fingerprint density at radius 3 is 2.68 bits per heavy atom. The van der Waals surface area contributed by atoms with Crippen LogP contribution < -0.4 is 4.74 Å². The number of ether oxygens (including phenoxy) is 2. The summed E-state index contributed by atoms with van der Waals surface area (Å²) >= 11 is 6.47. The van der Waals surface area contributed by atoms with Crippen molar-refractivity contribution in [3.05, 3.63) is 72.3 Å². The maximum atomic E-state index is 11.8. The van der Waals surface area contributed by atoms with Gasteiger partial charge in [-0.15, -0.1) is 0 Å². The summed E-state index contributed by atoms with van der Waals surface area (Å²) in [6.07, 6.45) is 2.67. The van der Waals surface area contributed by atoms with Gasteiger partial charge in [0, 0.05) is 24.0 Å². The van der Waals surface area contributed by atoms with Crippen LogP contribution in [-0.2, 0) is 9.53 Å². The first-order chi connectivity index (χ1) is 16.6. The molecular weight excluding hydrogens is 456 g/mol. The topological polar surface area (TPSA) is 89.7 Å². The number of carbonyl (C=O) groups excluding carboxylic acids is 1. The zero-order chi connectivity index (χ0) is 23.5. The van der Waals surface area contributed by atoms with Crippen LogP contribution in [-0.4, -0.2) is 69.5 Å². The number of β-amino-alcohol motifs (C(OH)–C–C–N with tert-alkyl or cyclic N) is 1. The average Bonchev–Trinajstić information content (AvgIpc) is 3.26. The van der Waals surface area contributed by atoms with E-state index in [9.17, 15) is 9.90 Å². The van der Waals surface area contributed by atoms with Crippen molar-refractivity contribution < 1.29 is 19.4 Å². The predicted octanol–water partition coefficient (Wildman–Crippen LogP) is 3.34. The second-order valence-corrected chi connectivity index (χ2v) is 8.35. The average molecular weight is 479 g/mol. The summed E-state index contributed by atoms with van der Waals surface area (Å²) in [5.74, 6) is 0.497. The number of aromatic nitrogens is 3. The van der Waals surface area contributed by atoms with E-state index in [-0.39, 0.29) is 25.7 Å². The van der Waals surface area contributed by atoms with Gasteiger partial charge in [0.05, 0.1) is 18.5 Å². The number of amides is 1. The van der Waals surface area contributed by atoms with Crippen LogP contribution in [0, 0.1) is 0 Å². The standard InChI is InChI=1S/C25H23ClN4O4/c26-24-23-21(13-30(25(23)28-16-27-24)18-4-2-1-3-5-18)17-6-8-20(9-7-17)34-14-19(31)12-29-10-11-33-15-22(29)32/h1-9,13,16,19,31H,10-12,14-15H2. The van der Waals surface area contributed by atoms with Crippen LogP contribution in [0.1, 0.15) is 0 Å². The second kappa shape index (κ2) is 9.80. The van der Waals surface area contributed by atoms with Gasteiger partial charge in [0.15, 0.2) is 0 Å². The van der Waals surface area contributed by atoms with E-state index in [2.05, 4.69) is 9.97 Å². The van der Waals surface area contributed by atoms with Gasteiger partial charge in [-0.25, -0.2) is 9.97 Å². The highest BCUT2D eigenvalue weighted by Crippen LogP contribution is 2.35. The Kier molecular flexibility index (Phi) is 6.44. The molecule has 0 aliphatic carbocycles. The van der Waals surface area contributed by atoms with Gasteiger partial charge in [-0.05, 0) is 29.8 Å². The molecule has 1 unspecified atom stereocenters. The van der Waals surface area contributed by atoms with Gasteiger partial charge in [0.1, 0.15) is 42.2 Å². The Labute approximate surface area is 201 Å². The lowest BCUT2D eigenvalue weighted by Gasteiger charge is -2.28. The molecule has 8 nitrogen and oxygen atoms in total. The van der Waals surface area contributed by atoms with E-state index in [0.29, 0.717) is 24.1 Å². The Morgan fingerprint density at radius 1 is 1.12 bits per heavy atom. The minimum atomic E-state index is -0.790. The molecular formula is C25H23ClN4O4. The molecule has 0 bridgehead atoms. The van der Waals surface area contributed by atoms with Crippen LogP contribution in [0.25, 0.3) is 27.8 Å². The van der Waals surface area contributed by atoms with Crippen LogP contribution in [0.5, 0.6) is 5.75 Å². The van der Waals surface area contributed by atoms with Crippen molar-refractivity contribution in [3.8, 4) is 22.6 Å². The SMILES string of the molecule is O=C1COCCN1CC(O)COc1ccc(-c2cn(-c3ccccc3)c3ncnc(Cl)c23)cc1. The third-order valence-electron chi connectivity index (χ3n) is 5.69. The van der Waals surface area contributed by atoms with Crippen LogP contribution in [0.2, 0.25) is 5.15 Å². The van der Waals surface area contributed by atoms with Gasteiger partial charge >= 0.3 is 0 Å². The molecule has 1 N–H and O–H groups in total. The van der Waals surface area contributed by atoms with E-state index in [0.717, 1.165) is 27.8 Å². The van der Waals surface area contributed by atoms with Crippen molar-refractivity contribution in [2.45, 2.75) is 6.10 Å². The van der Waals surface area contributed by atoms with Gasteiger partial charge in [0.2, 0.25) is 5.91 Å². The number of hydrogen-bond acceptors (Lipinski definition) is 6. The molecule has 3 heterocycles. The summed E-state index contributed by atoms with van der Waals surface area (Å²) in [6, 6.07) is 17.5. The first kappa shape index (κ1) is 22.3. The number of hydrogen-bond donors (Lipinski definition) is 1. The third-order valence-corrected chi connectivity index (χ3v) is 5.98. The number of morpholine rings is 1. The van der Waals surface area contributed by atoms with E-state index < -0.39 is 6.10 Å². The highest BCUT2D eigenvalue weighted by atomic mass is 35.5. The summed E-state index contributed by atoms with van der Waals surface area (Å²) in [5, 5.41) is 11.4. The molecule has 1 amide bonds. The Balaban J connectivity index is 1.33. The fraction of sp³-hybridized carbons (Fsp3) is 0.240. The molecule has 4 aromatic rings. The largest absolute Gasteiger partial charge is 0.491 e. The lowest BCUT2D eigenvalue weighted by atomic mass is 10.1. The van der Waals surface area contributed by atoms with Crippen molar-refractivity contribution >= 4 is 28.5 Å². The molecule has 0 spiro atoms. The molecule has 1 fully saturated rings. The number of para-hydroxylation sites is 1. The quantitative estimate of drug-likeness (QED) is 0.410. The number of benzene rings is 2. The molecule has 1 aliphatic heterocycles. The van der Waals surface area contributed by atoms with E-state index in [1.54, 1.807) is 4.90 Å². The smallest absolute Gasteiger partial charge is 0.248 e. The maximum Gasteiger partial charge on any atom is 0.248 e. The molecule has 34 heavy (non-hydrogen) atoms. The molecule has 1 atom stereocenters. The number of nitrogens with zero attached hydrogens (tertiary/aromatic N) is 4. The van der Waals surface area contributed by atoms with Crippen molar-refractivity contribution in [2.24, 2.45) is 0 Å². The minimum absolute atomic E-state index is 0.0603. The molecule has 5 rings (SSSR count). The third kappa shape index (κ3) is 4.61. The number of carbonyl (C=O) groups is 1. The van der Waals surface area contributed by atoms with E-state index >= 15 is 0 Å². The first-order valence-electron chi connectivity index (χ1n) is 10.9. The summed E-state index contributed by atoms with van der Waals surface area (Å²) in [5.41, 5.74) is 3.54.